The molecular formula is C17H21BrN2. The highest BCUT2D eigenvalue weighted by Crippen LogP contribution is 2.24. The standard InChI is InChI=1S/C17H21BrN2/c1-13-11-14(9-10-19)7-8-17(13)20(2)12-15-5-3-4-6-16(15)18/h3-8,11H,9-10,12,19H2,1-2H3. The van der Waals surface area contributed by atoms with Crippen molar-refractivity contribution >= 4 is 21.6 Å². The Morgan fingerprint density at radius 1 is 1.15 bits per heavy atom. The largest absolute Gasteiger partial charge is 0.370 e. The van der Waals surface area contributed by atoms with Crippen molar-refractivity contribution in [2.24, 2.45) is 5.73 Å². The Bertz CT molecular complexity index is 581. The number of rotatable bonds is 5. The van der Waals surface area contributed by atoms with E-state index in [1.165, 1.54) is 22.4 Å². The van der Waals surface area contributed by atoms with Crippen LogP contribution < -0.4 is 10.6 Å². The molecule has 0 aliphatic rings. The molecule has 2 rings (SSSR count). The molecule has 0 aliphatic carbocycles. The summed E-state index contributed by atoms with van der Waals surface area (Å²) in [5, 5.41) is 0. The number of halogens is 1. The van der Waals surface area contributed by atoms with Gasteiger partial charge in [-0.15, -0.1) is 0 Å². The van der Waals surface area contributed by atoms with Crippen LogP contribution >= 0.6 is 15.9 Å². The van der Waals surface area contributed by atoms with Gasteiger partial charge >= 0.3 is 0 Å². The molecule has 0 amide bonds. The Morgan fingerprint density at radius 2 is 1.90 bits per heavy atom. The van der Waals surface area contributed by atoms with Crippen molar-refractivity contribution in [2.45, 2.75) is 19.9 Å². The van der Waals surface area contributed by atoms with Gasteiger partial charge in [-0.05, 0) is 48.7 Å². The summed E-state index contributed by atoms with van der Waals surface area (Å²) in [6.45, 7) is 3.75. The van der Waals surface area contributed by atoms with E-state index in [4.69, 9.17) is 5.73 Å². The molecule has 0 saturated carbocycles. The highest BCUT2D eigenvalue weighted by molar-refractivity contribution is 9.10. The molecule has 0 spiro atoms. The predicted molar refractivity (Wildman–Crippen MR) is 90.2 cm³/mol. The van der Waals surface area contributed by atoms with Crippen molar-refractivity contribution in [3.8, 4) is 0 Å². The second kappa shape index (κ2) is 6.91. The Balaban J connectivity index is 2.17. The molecule has 2 nitrogen and oxygen atoms in total. The number of hydrogen-bond acceptors (Lipinski definition) is 2. The molecule has 2 aromatic rings. The van der Waals surface area contributed by atoms with Gasteiger partial charge in [0.05, 0.1) is 0 Å². The Labute approximate surface area is 129 Å². The van der Waals surface area contributed by atoms with Crippen LogP contribution in [0.4, 0.5) is 5.69 Å². The maximum Gasteiger partial charge on any atom is 0.0437 e. The fraction of sp³-hybridized carbons (Fsp3) is 0.294. The maximum atomic E-state index is 5.61. The molecule has 0 radical (unpaired) electrons. The van der Waals surface area contributed by atoms with Crippen LogP contribution in [0.3, 0.4) is 0 Å². The minimum Gasteiger partial charge on any atom is -0.370 e. The summed E-state index contributed by atoms with van der Waals surface area (Å²) in [5.41, 5.74) is 10.8. The SMILES string of the molecule is Cc1cc(CCN)ccc1N(C)Cc1ccccc1Br. The van der Waals surface area contributed by atoms with E-state index in [9.17, 15) is 0 Å². The topological polar surface area (TPSA) is 29.3 Å². The zero-order chi connectivity index (χ0) is 14.5. The number of aryl methyl sites for hydroxylation is 1. The molecule has 0 unspecified atom stereocenters. The molecule has 0 heterocycles. The summed E-state index contributed by atoms with van der Waals surface area (Å²) in [5.74, 6) is 0. The second-order valence-corrected chi connectivity index (χ2v) is 5.96. The number of nitrogens with two attached hydrogens (primary N) is 1. The van der Waals surface area contributed by atoms with E-state index in [1.54, 1.807) is 0 Å². The van der Waals surface area contributed by atoms with Crippen molar-refractivity contribution in [2.75, 3.05) is 18.5 Å². The Morgan fingerprint density at radius 3 is 2.55 bits per heavy atom. The summed E-state index contributed by atoms with van der Waals surface area (Å²) >= 11 is 3.61. The average Bonchev–Trinajstić information content (AvgIpc) is 2.42. The van der Waals surface area contributed by atoms with Crippen LogP contribution in [0.15, 0.2) is 46.9 Å². The molecule has 106 valence electrons. The van der Waals surface area contributed by atoms with Crippen molar-refractivity contribution < 1.29 is 0 Å². The van der Waals surface area contributed by atoms with Crippen LogP contribution in [0, 0.1) is 6.92 Å². The normalized spacial score (nSPS) is 10.6. The second-order valence-electron chi connectivity index (χ2n) is 5.11. The molecular weight excluding hydrogens is 312 g/mol. The molecule has 0 bridgehead atoms. The molecule has 0 saturated heterocycles. The quantitative estimate of drug-likeness (QED) is 0.899. The van der Waals surface area contributed by atoms with Crippen LogP contribution in [-0.2, 0) is 13.0 Å². The van der Waals surface area contributed by atoms with E-state index in [1.807, 2.05) is 6.07 Å². The zero-order valence-corrected chi connectivity index (χ0v) is 13.7. The van der Waals surface area contributed by atoms with Gasteiger partial charge in [0, 0.05) is 23.8 Å². The van der Waals surface area contributed by atoms with Crippen molar-refractivity contribution in [1.82, 2.24) is 0 Å². The first-order chi connectivity index (χ1) is 9.61. The predicted octanol–water partition coefficient (Wildman–Crippen LogP) is 3.90. The van der Waals surface area contributed by atoms with Gasteiger partial charge in [-0.1, -0.05) is 46.3 Å². The first-order valence-corrected chi connectivity index (χ1v) is 7.65. The molecule has 0 aromatic heterocycles. The van der Waals surface area contributed by atoms with Crippen molar-refractivity contribution in [1.29, 1.82) is 0 Å². The number of anilines is 1. The smallest absolute Gasteiger partial charge is 0.0437 e. The third kappa shape index (κ3) is 3.62. The molecule has 0 aliphatic heterocycles. The van der Waals surface area contributed by atoms with Crippen LogP contribution in [-0.4, -0.2) is 13.6 Å². The van der Waals surface area contributed by atoms with Crippen LogP contribution in [0.25, 0.3) is 0 Å². The summed E-state index contributed by atoms with van der Waals surface area (Å²) < 4.78 is 1.16. The van der Waals surface area contributed by atoms with E-state index in [0.717, 1.165) is 17.4 Å². The van der Waals surface area contributed by atoms with Gasteiger partial charge in [0.2, 0.25) is 0 Å². The number of benzene rings is 2. The lowest BCUT2D eigenvalue weighted by Gasteiger charge is -2.22. The summed E-state index contributed by atoms with van der Waals surface area (Å²) in [6, 6.07) is 15.0. The Hall–Kier alpha value is -1.32. The monoisotopic (exact) mass is 332 g/mol. The van der Waals surface area contributed by atoms with E-state index >= 15 is 0 Å². The first-order valence-electron chi connectivity index (χ1n) is 6.86. The van der Waals surface area contributed by atoms with E-state index in [0.29, 0.717) is 6.54 Å². The summed E-state index contributed by atoms with van der Waals surface area (Å²) in [4.78, 5) is 2.28. The highest BCUT2D eigenvalue weighted by Gasteiger charge is 2.08. The van der Waals surface area contributed by atoms with Crippen LogP contribution in [0.2, 0.25) is 0 Å². The lowest BCUT2D eigenvalue weighted by Crippen LogP contribution is -2.18. The molecule has 2 aromatic carbocycles. The lowest BCUT2D eigenvalue weighted by atomic mass is 10.1. The molecule has 3 heteroatoms. The third-order valence-corrected chi connectivity index (χ3v) is 4.24. The average molecular weight is 333 g/mol. The minimum atomic E-state index is 0.700. The molecule has 0 fully saturated rings. The van der Waals surface area contributed by atoms with Gasteiger partial charge in [0.1, 0.15) is 0 Å². The van der Waals surface area contributed by atoms with E-state index in [2.05, 4.69) is 71.2 Å². The van der Waals surface area contributed by atoms with Gasteiger partial charge < -0.3 is 10.6 Å². The zero-order valence-electron chi connectivity index (χ0n) is 12.1. The Kier molecular flexibility index (Phi) is 5.21. The van der Waals surface area contributed by atoms with E-state index in [-0.39, 0.29) is 0 Å². The lowest BCUT2D eigenvalue weighted by molar-refractivity contribution is 0.908. The van der Waals surface area contributed by atoms with Gasteiger partial charge in [-0.25, -0.2) is 0 Å². The van der Waals surface area contributed by atoms with Gasteiger partial charge in [-0.2, -0.15) is 0 Å². The van der Waals surface area contributed by atoms with Crippen molar-refractivity contribution in [3.05, 3.63) is 63.6 Å². The third-order valence-electron chi connectivity index (χ3n) is 3.47. The van der Waals surface area contributed by atoms with Gasteiger partial charge in [0.25, 0.3) is 0 Å². The summed E-state index contributed by atoms with van der Waals surface area (Å²) in [7, 11) is 2.13. The summed E-state index contributed by atoms with van der Waals surface area (Å²) in [6.07, 6.45) is 0.940. The molecule has 20 heavy (non-hydrogen) atoms. The minimum absolute atomic E-state index is 0.700. The van der Waals surface area contributed by atoms with Crippen molar-refractivity contribution in [3.63, 3.8) is 0 Å². The maximum absolute atomic E-state index is 5.61. The molecule has 0 atom stereocenters. The van der Waals surface area contributed by atoms with Crippen LogP contribution in [0.1, 0.15) is 16.7 Å². The number of nitrogens with zero attached hydrogens (tertiary/aromatic N) is 1. The van der Waals surface area contributed by atoms with E-state index < -0.39 is 0 Å². The van der Waals surface area contributed by atoms with Gasteiger partial charge in [-0.3, -0.25) is 0 Å². The highest BCUT2D eigenvalue weighted by atomic mass is 79.9. The van der Waals surface area contributed by atoms with Gasteiger partial charge in [0.15, 0.2) is 0 Å². The number of hydrogen-bond donors (Lipinski definition) is 1. The fourth-order valence-electron chi connectivity index (χ4n) is 2.44. The van der Waals surface area contributed by atoms with Crippen LogP contribution in [0.5, 0.6) is 0 Å². The first kappa shape index (κ1) is 15.1. The fourth-order valence-corrected chi connectivity index (χ4v) is 2.85. The molecule has 2 N–H and O–H groups in total.